The van der Waals surface area contributed by atoms with E-state index in [9.17, 15) is 19.2 Å². The van der Waals surface area contributed by atoms with Gasteiger partial charge in [0.2, 0.25) is 0 Å². The van der Waals surface area contributed by atoms with Crippen molar-refractivity contribution in [2.75, 3.05) is 26.3 Å². The summed E-state index contributed by atoms with van der Waals surface area (Å²) >= 11 is 0. The molecule has 4 rings (SSSR count). The Morgan fingerprint density at radius 1 is 1.02 bits per heavy atom. The number of carbonyl (C=O) groups excluding carboxylic acids is 4. The second-order valence-corrected chi connectivity index (χ2v) is 11.4. The smallest absolute Gasteiger partial charge is 0.459 e. The van der Waals surface area contributed by atoms with Gasteiger partial charge in [-0.05, 0) is 68.5 Å². The number of aromatic nitrogens is 4. The zero-order chi connectivity index (χ0) is 32.8. The Kier molecular flexibility index (Phi) is 10.4. The van der Waals surface area contributed by atoms with Crippen LogP contribution in [0.2, 0.25) is 0 Å². The maximum atomic E-state index is 13.8. The number of fused-ring (bicyclic) bond motifs is 1. The standard InChI is InChI=1S/C31H38N6O8/c1-8-42-23(38)16-35(17-24(39)43-9-2)31(41)45-37-28(32-7)25(30(40)44-26-20(5)14-19(4)15-21(26)6)29-33-27(34-36(29)37)22-12-10-18(3)11-13-22/h10-13,19-21,26H,8-9,14-17H2,1-6H3/p+1. The van der Waals surface area contributed by atoms with E-state index in [0.29, 0.717) is 17.3 Å². The first-order chi connectivity index (χ1) is 21.5. The van der Waals surface area contributed by atoms with Crippen molar-refractivity contribution in [3.63, 3.8) is 0 Å². The molecule has 1 amide bonds. The van der Waals surface area contributed by atoms with Gasteiger partial charge in [-0.1, -0.05) is 45.0 Å². The molecular weight excluding hydrogens is 584 g/mol. The zero-order valence-electron chi connectivity index (χ0n) is 26.4. The third kappa shape index (κ3) is 7.42. The minimum Gasteiger partial charge on any atom is -0.465 e. The van der Waals surface area contributed by atoms with Crippen LogP contribution in [0, 0.1) is 31.2 Å². The fourth-order valence-corrected chi connectivity index (χ4v) is 5.77. The summed E-state index contributed by atoms with van der Waals surface area (Å²) in [5.41, 5.74) is 1.48. The monoisotopic (exact) mass is 623 g/mol. The molecule has 0 radical (unpaired) electrons. The molecule has 1 saturated carbocycles. The van der Waals surface area contributed by atoms with E-state index < -0.39 is 43.2 Å². The van der Waals surface area contributed by atoms with Gasteiger partial charge in [-0.15, -0.1) is 5.10 Å². The third-order valence-electron chi connectivity index (χ3n) is 7.66. The first-order valence-corrected chi connectivity index (χ1v) is 15.0. The molecule has 0 spiro atoms. The summed E-state index contributed by atoms with van der Waals surface area (Å²) < 4.78 is 17.0. The molecule has 0 saturated heterocycles. The van der Waals surface area contributed by atoms with Crippen LogP contribution in [0.5, 0.6) is 0 Å². The van der Waals surface area contributed by atoms with Crippen molar-refractivity contribution in [3.05, 3.63) is 46.8 Å². The van der Waals surface area contributed by atoms with Crippen LogP contribution in [0.4, 0.5) is 10.6 Å². The van der Waals surface area contributed by atoms with Crippen molar-refractivity contribution in [3.8, 4) is 11.4 Å². The van der Waals surface area contributed by atoms with E-state index in [-0.39, 0.29) is 42.1 Å². The molecule has 0 aliphatic heterocycles. The highest BCUT2D eigenvalue weighted by atomic mass is 16.7. The predicted octanol–water partition coefficient (Wildman–Crippen LogP) is 3.68. The van der Waals surface area contributed by atoms with Crippen LogP contribution in [0.1, 0.15) is 63.4 Å². The van der Waals surface area contributed by atoms with E-state index in [1.54, 1.807) is 13.8 Å². The quantitative estimate of drug-likeness (QED) is 0.117. The second kappa shape index (κ2) is 14.2. The number of aryl methyl sites for hydroxylation is 1. The van der Waals surface area contributed by atoms with Gasteiger partial charge in [-0.25, -0.2) is 14.4 Å². The Balaban J connectivity index is 1.78. The Hall–Kier alpha value is -4.93. The fraction of sp³-hybridized carbons (Fsp3) is 0.516. The summed E-state index contributed by atoms with van der Waals surface area (Å²) in [7, 11) is 0. The van der Waals surface area contributed by atoms with Crippen molar-refractivity contribution in [2.45, 2.75) is 60.5 Å². The van der Waals surface area contributed by atoms with Gasteiger partial charge in [0, 0.05) is 5.56 Å². The van der Waals surface area contributed by atoms with Crippen molar-refractivity contribution >= 4 is 35.5 Å². The molecule has 240 valence electrons. The lowest BCUT2D eigenvalue weighted by molar-refractivity contribution is -0.691. The van der Waals surface area contributed by atoms with Crippen LogP contribution in [0.15, 0.2) is 24.3 Å². The van der Waals surface area contributed by atoms with E-state index >= 15 is 0 Å². The fourth-order valence-electron chi connectivity index (χ4n) is 5.77. The normalized spacial score (nSPS) is 19.4. The number of hydrogen-bond donors (Lipinski definition) is 1. The molecule has 1 fully saturated rings. The topological polar surface area (TPSA) is 151 Å². The van der Waals surface area contributed by atoms with Gasteiger partial charge in [0.1, 0.15) is 19.2 Å². The number of rotatable bonds is 10. The molecule has 1 N–H and O–H groups in total. The highest BCUT2D eigenvalue weighted by Crippen LogP contribution is 2.36. The lowest BCUT2D eigenvalue weighted by atomic mass is 9.75. The summed E-state index contributed by atoms with van der Waals surface area (Å²) in [4.78, 5) is 67.0. The summed E-state index contributed by atoms with van der Waals surface area (Å²) in [6, 6.07) is 7.42. The Labute approximate surface area is 260 Å². The first-order valence-electron chi connectivity index (χ1n) is 15.0. The van der Waals surface area contributed by atoms with E-state index in [1.165, 1.54) is 0 Å². The van der Waals surface area contributed by atoms with Gasteiger partial charge < -0.3 is 19.1 Å². The van der Waals surface area contributed by atoms with Crippen LogP contribution >= 0.6 is 0 Å². The third-order valence-corrected chi connectivity index (χ3v) is 7.66. The Morgan fingerprint density at radius 3 is 2.13 bits per heavy atom. The Bertz CT molecular complexity index is 1570. The molecule has 14 heteroatoms. The average molecular weight is 624 g/mol. The summed E-state index contributed by atoms with van der Waals surface area (Å²) in [6.45, 7) is 18.1. The SMILES string of the molecule is [C-]#[N+]c1c(C(=O)OC2C(C)CC(C)CC2C)c2nc(-c3ccc(C)cc3)[nH][n+]2n1OC(=O)N(CC(=O)OCC)CC(=O)OCC. The summed E-state index contributed by atoms with van der Waals surface area (Å²) in [5, 5.41) is 2.98. The number of carbonyl (C=O) groups is 4. The van der Waals surface area contributed by atoms with E-state index in [0.717, 1.165) is 32.8 Å². The predicted molar refractivity (Wildman–Crippen MR) is 159 cm³/mol. The number of ether oxygens (including phenoxy) is 3. The largest absolute Gasteiger partial charge is 0.465 e. The molecular formula is C31H39N6O8+. The van der Waals surface area contributed by atoms with Gasteiger partial charge in [0.05, 0.1) is 22.7 Å². The van der Waals surface area contributed by atoms with E-state index in [2.05, 4.69) is 21.9 Å². The van der Waals surface area contributed by atoms with Gasteiger partial charge in [-0.2, -0.15) is 0 Å². The van der Waals surface area contributed by atoms with Crippen LogP contribution < -0.4 is 9.47 Å². The van der Waals surface area contributed by atoms with Crippen molar-refractivity contribution in [1.82, 2.24) is 19.8 Å². The molecule has 2 atom stereocenters. The Morgan fingerprint density at radius 2 is 1.60 bits per heavy atom. The molecule has 2 heterocycles. The van der Waals surface area contributed by atoms with E-state index in [1.807, 2.05) is 45.0 Å². The van der Waals surface area contributed by atoms with Gasteiger partial charge in [-0.3, -0.25) is 14.5 Å². The lowest BCUT2D eigenvalue weighted by Gasteiger charge is -2.37. The van der Waals surface area contributed by atoms with Crippen LogP contribution in [0.25, 0.3) is 21.9 Å². The van der Waals surface area contributed by atoms with Gasteiger partial charge in [0.25, 0.3) is 5.82 Å². The molecule has 1 aliphatic carbocycles. The van der Waals surface area contributed by atoms with Crippen molar-refractivity contribution in [2.24, 2.45) is 17.8 Å². The highest BCUT2D eigenvalue weighted by Gasteiger charge is 2.42. The van der Waals surface area contributed by atoms with Crippen molar-refractivity contribution in [1.29, 1.82) is 0 Å². The van der Waals surface area contributed by atoms with Crippen LogP contribution in [0.3, 0.4) is 0 Å². The molecule has 1 aliphatic rings. The second-order valence-electron chi connectivity index (χ2n) is 11.4. The minimum absolute atomic E-state index is 0.0128. The number of benzene rings is 1. The van der Waals surface area contributed by atoms with Crippen LogP contribution in [-0.2, 0) is 23.8 Å². The number of amides is 1. The molecule has 14 nitrogen and oxygen atoms in total. The summed E-state index contributed by atoms with van der Waals surface area (Å²) in [6.07, 6.45) is 0.202. The number of nitrogens with zero attached hydrogens (tertiary/aromatic N) is 5. The molecule has 2 aromatic heterocycles. The van der Waals surface area contributed by atoms with Gasteiger partial charge in [0.15, 0.2) is 5.56 Å². The molecule has 1 aromatic carbocycles. The van der Waals surface area contributed by atoms with Crippen LogP contribution in [-0.4, -0.2) is 76.2 Å². The molecule has 0 bridgehead atoms. The average Bonchev–Trinajstić information content (AvgIpc) is 3.52. The zero-order valence-corrected chi connectivity index (χ0v) is 26.4. The number of H-pyrrole nitrogens is 1. The first kappa shape index (κ1) is 33.0. The number of nitrogens with one attached hydrogen (secondary N) is 1. The molecule has 3 aromatic rings. The number of aromatic amines is 1. The number of esters is 3. The maximum absolute atomic E-state index is 13.8. The maximum Gasteiger partial charge on any atom is 0.459 e. The molecule has 45 heavy (non-hydrogen) atoms. The van der Waals surface area contributed by atoms with E-state index in [4.69, 9.17) is 25.6 Å². The highest BCUT2D eigenvalue weighted by molar-refractivity contribution is 6.00. The lowest BCUT2D eigenvalue weighted by Crippen LogP contribution is -2.48. The van der Waals surface area contributed by atoms with Gasteiger partial charge >= 0.3 is 35.5 Å². The minimum atomic E-state index is -1.18. The summed E-state index contributed by atoms with van der Waals surface area (Å²) in [5.74, 6) is -1.75. The molecule has 2 unspecified atom stereocenters. The van der Waals surface area contributed by atoms with Crippen molar-refractivity contribution < 1.29 is 42.9 Å². The number of hydrogen-bond acceptors (Lipinski definition) is 9.